The number of hydrogen-bond acceptors (Lipinski definition) is 5. The maximum absolute atomic E-state index is 12.4. The standard InChI is InChI=1S/C17H19ClN2O4/c1-22-15-8-13(9-16(23-2)17(15)24-3)14(21)5-4-12-10-19-20(11-12)7-6-18/h4-5,8-11H,6-7H2,1-3H3/b5-4+. The minimum absolute atomic E-state index is 0.181. The van der Waals surface area contributed by atoms with Gasteiger partial charge >= 0.3 is 0 Å². The number of carbonyl (C=O) groups excluding carboxylic acids is 1. The number of rotatable bonds is 8. The zero-order valence-corrected chi connectivity index (χ0v) is 14.5. The van der Waals surface area contributed by atoms with Crippen LogP contribution in [0.15, 0.2) is 30.6 Å². The number of alkyl halides is 1. The first-order valence-electron chi connectivity index (χ1n) is 7.23. The van der Waals surface area contributed by atoms with Crippen LogP contribution in [0.25, 0.3) is 6.08 Å². The van der Waals surface area contributed by atoms with Crippen molar-refractivity contribution >= 4 is 23.5 Å². The molecule has 2 rings (SSSR count). The van der Waals surface area contributed by atoms with Gasteiger partial charge in [0.15, 0.2) is 17.3 Å². The van der Waals surface area contributed by atoms with Crippen molar-refractivity contribution in [3.63, 3.8) is 0 Å². The summed E-state index contributed by atoms with van der Waals surface area (Å²) < 4.78 is 17.5. The summed E-state index contributed by atoms with van der Waals surface area (Å²) in [6.45, 7) is 0.621. The van der Waals surface area contributed by atoms with Gasteiger partial charge in [0.25, 0.3) is 0 Å². The minimum Gasteiger partial charge on any atom is -0.493 e. The SMILES string of the molecule is COc1cc(C(=O)/C=C/c2cnn(CCCl)c2)cc(OC)c1OC. The molecule has 0 N–H and O–H groups in total. The Labute approximate surface area is 145 Å². The molecule has 0 saturated carbocycles. The highest BCUT2D eigenvalue weighted by Crippen LogP contribution is 2.38. The molecule has 24 heavy (non-hydrogen) atoms. The van der Waals surface area contributed by atoms with E-state index in [-0.39, 0.29) is 5.78 Å². The lowest BCUT2D eigenvalue weighted by atomic mass is 10.1. The third-order valence-electron chi connectivity index (χ3n) is 3.34. The molecule has 1 aromatic heterocycles. The second kappa shape index (κ2) is 8.40. The summed E-state index contributed by atoms with van der Waals surface area (Å²) in [5, 5.41) is 4.15. The van der Waals surface area contributed by atoms with E-state index >= 15 is 0 Å². The molecule has 0 amide bonds. The van der Waals surface area contributed by atoms with Crippen molar-refractivity contribution in [1.82, 2.24) is 9.78 Å². The van der Waals surface area contributed by atoms with Crippen LogP contribution in [0.3, 0.4) is 0 Å². The summed E-state index contributed by atoms with van der Waals surface area (Å²) in [6, 6.07) is 3.23. The second-order valence-corrected chi connectivity index (χ2v) is 5.22. The van der Waals surface area contributed by atoms with E-state index < -0.39 is 0 Å². The fourth-order valence-electron chi connectivity index (χ4n) is 2.17. The van der Waals surface area contributed by atoms with E-state index in [9.17, 15) is 4.79 Å². The first-order chi connectivity index (χ1) is 11.6. The van der Waals surface area contributed by atoms with E-state index in [4.69, 9.17) is 25.8 Å². The van der Waals surface area contributed by atoms with E-state index in [0.29, 0.717) is 35.2 Å². The van der Waals surface area contributed by atoms with Crippen molar-refractivity contribution in [1.29, 1.82) is 0 Å². The van der Waals surface area contributed by atoms with E-state index in [0.717, 1.165) is 5.56 Å². The predicted octanol–water partition coefficient (Wildman–Crippen LogP) is 3.04. The Hall–Kier alpha value is -2.47. The summed E-state index contributed by atoms with van der Waals surface area (Å²) >= 11 is 5.67. The Morgan fingerprint density at radius 2 is 1.88 bits per heavy atom. The lowest BCUT2D eigenvalue weighted by molar-refractivity contribution is 0.104. The second-order valence-electron chi connectivity index (χ2n) is 4.84. The van der Waals surface area contributed by atoms with Gasteiger partial charge in [-0.3, -0.25) is 9.48 Å². The quantitative estimate of drug-likeness (QED) is 0.416. The largest absolute Gasteiger partial charge is 0.493 e. The zero-order chi connectivity index (χ0) is 17.5. The van der Waals surface area contributed by atoms with Crippen molar-refractivity contribution in [3.05, 3.63) is 41.7 Å². The van der Waals surface area contributed by atoms with Gasteiger partial charge in [-0.1, -0.05) is 0 Å². The van der Waals surface area contributed by atoms with Gasteiger partial charge in [-0.05, 0) is 24.3 Å². The summed E-state index contributed by atoms with van der Waals surface area (Å²) in [5.74, 6) is 1.61. The Morgan fingerprint density at radius 3 is 2.42 bits per heavy atom. The van der Waals surface area contributed by atoms with Gasteiger partial charge in [-0.15, -0.1) is 11.6 Å². The maximum atomic E-state index is 12.4. The molecule has 1 heterocycles. The number of nitrogens with zero attached hydrogens (tertiary/aromatic N) is 2. The van der Waals surface area contributed by atoms with Crippen LogP contribution in [0.5, 0.6) is 17.2 Å². The van der Waals surface area contributed by atoms with Crippen LogP contribution in [0.4, 0.5) is 0 Å². The van der Waals surface area contributed by atoms with Crippen molar-refractivity contribution in [2.45, 2.75) is 6.54 Å². The fraction of sp³-hybridized carbons (Fsp3) is 0.294. The first-order valence-corrected chi connectivity index (χ1v) is 7.77. The number of carbonyl (C=O) groups is 1. The van der Waals surface area contributed by atoms with Crippen LogP contribution in [0, 0.1) is 0 Å². The highest BCUT2D eigenvalue weighted by atomic mass is 35.5. The molecular formula is C17H19ClN2O4. The van der Waals surface area contributed by atoms with Gasteiger partial charge in [0.1, 0.15) is 0 Å². The van der Waals surface area contributed by atoms with E-state index in [1.165, 1.54) is 27.4 Å². The molecule has 7 heteroatoms. The van der Waals surface area contributed by atoms with E-state index in [2.05, 4.69) is 5.10 Å². The van der Waals surface area contributed by atoms with Crippen molar-refractivity contribution in [2.75, 3.05) is 27.2 Å². The van der Waals surface area contributed by atoms with Crippen molar-refractivity contribution in [3.8, 4) is 17.2 Å². The highest BCUT2D eigenvalue weighted by molar-refractivity contribution is 6.17. The average Bonchev–Trinajstić information content (AvgIpc) is 3.06. The molecule has 0 radical (unpaired) electrons. The van der Waals surface area contributed by atoms with Crippen LogP contribution in [-0.2, 0) is 6.54 Å². The molecule has 0 aliphatic carbocycles. The van der Waals surface area contributed by atoms with Crippen LogP contribution in [0.1, 0.15) is 15.9 Å². The molecule has 0 atom stereocenters. The summed E-state index contributed by atoms with van der Waals surface area (Å²) in [4.78, 5) is 12.4. The number of hydrogen-bond donors (Lipinski definition) is 0. The Balaban J connectivity index is 2.23. The summed E-state index contributed by atoms with van der Waals surface area (Å²) in [5.41, 5.74) is 1.26. The van der Waals surface area contributed by atoms with Crippen LogP contribution >= 0.6 is 11.6 Å². The highest BCUT2D eigenvalue weighted by Gasteiger charge is 2.15. The lowest BCUT2D eigenvalue weighted by Crippen LogP contribution is -2.00. The number of aromatic nitrogens is 2. The van der Waals surface area contributed by atoms with Crippen LogP contribution < -0.4 is 14.2 Å². The Kier molecular flexibility index (Phi) is 6.26. The normalized spacial score (nSPS) is 10.8. The topological polar surface area (TPSA) is 62.6 Å². The molecule has 1 aromatic carbocycles. The molecular weight excluding hydrogens is 332 g/mol. The molecule has 0 spiro atoms. The Bertz CT molecular complexity index is 715. The number of benzene rings is 1. The zero-order valence-electron chi connectivity index (χ0n) is 13.8. The number of ketones is 1. The van der Waals surface area contributed by atoms with Gasteiger partial charge in [0.05, 0.1) is 34.1 Å². The first kappa shape index (κ1) is 17.9. The van der Waals surface area contributed by atoms with Crippen LogP contribution in [-0.4, -0.2) is 42.8 Å². The fourth-order valence-corrected chi connectivity index (χ4v) is 2.34. The van der Waals surface area contributed by atoms with Gasteiger partial charge in [-0.25, -0.2) is 0 Å². The maximum Gasteiger partial charge on any atom is 0.203 e. The molecule has 2 aromatic rings. The molecule has 0 aliphatic heterocycles. The van der Waals surface area contributed by atoms with Gasteiger partial charge in [-0.2, -0.15) is 5.10 Å². The third kappa shape index (κ3) is 4.08. The number of ether oxygens (including phenoxy) is 3. The number of methoxy groups -OCH3 is 3. The summed E-state index contributed by atoms with van der Waals surface area (Å²) in [7, 11) is 4.53. The van der Waals surface area contributed by atoms with Crippen molar-refractivity contribution in [2.24, 2.45) is 0 Å². The molecule has 0 unspecified atom stereocenters. The van der Waals surface area contributed by atoms with Gasteiger partial charge in [0.2, 0.25) is 5.75 Å². The summed E-state index contributed by atoms with van der Waals surface area (Å²) in [6.07, 6.45) is 6.67. The minimum atomic E-state index is -0.181. The van der Waals surface area contributed by atoms with Gasteiger partial charge in [0, 0.05) is 23.2 Å². The molecule has 0 saturated heterocycles. The van der Waals surface area contributed by atoms with E-state index in [1.54, 1.807) is 29.1 Å². The molecule has 128 valence electrons. The van der Waals surface area contributed by atoms with Gasteiger partial charge < -0.3 is 14.2 Å². The van der Waals surface area contributed by atoms with E-state index in [1.807, 2.05) is 6.20 Å². The smallest absolute Gasteiger partial charge is 0.203 e. The lowest BCUT2D eigenvalue weighted by Gasteiger charge is -2.13. The number of aryl methyl sites for hydroxylation is 1. The number of allylic oxidation sites excluding steroid dienone is 1. The molecule has 0 bridgehead atoms. The van der Waals surface area contributed by atoms with Crippen LogP contribution in [0.2, 0.25) is 0 Å². The van der Waals surface area contributed by atoms with Crippen molar-refractivity contribution < 1.29 is 19.0 Å². The average molecular weight is 351 g/mol. The monoisotopic (exact) mass is 350 g/mol. The molecule has 0 fully saturated rings. The predicted molar refractivity (Wildman–Crippen MR) is 92.4 cm³/mol. The molecule has 0 aliphatic rings. The Morgan fingerprint density at radius 1 is 1.21 bits per heavy atom. The molecule has 6 nitrogen and oxygen atoms in total. The third-order valence-corrected chi connectivity index (χ3v) is 3.51. The number of halogens is 1.